The molecule has 0 saturated heterocycles. The van der Waals surface area contributed by atoms with Crippen molar-refractivity contribution in [2.45, 2.75) is 18.9 Å². The number of hydrogen-bond acceptors (Lipinski definition) is 4. The molecule has 0 bridgehead atoms. The molecule has 0 aliphatic carbocycles. The highest BCUT2D eigenvalue weighted by molar-refractivity contribution is 5.72. The minimum absolute atomic E-state index is 0.464. The molecule has 14 heavy (non-hydrogen) atoms. The summed E-state index contributed by atoms with van der Waals surface area (Å²) in [7, 11) is 0. The molecular weight excluding hydrogens is 184 g/mol. The summed E-state index contributed by atoms with van der Waals surface area (Å²) in [6, 6.07) is -0.742. The normalized spacial score (nSPS) is 11.3. The van der Waals surface area contributed by atoms with Gasteiger partial charge in [0.2, 0.25) is 0 Å². The minimum Gasteiger partial charge on any atom is -0.480 e. The molecule has 0 radical (unpaired) electrons. The van der Waals surface area contributed by atoms with E-state index in [1.54, 1.807) is 18.7 Å². The second-order valence-electron chi connectivity index (χ2n) is 2.64. The highest BCUT2D eigenvalue weighted by Gasteiger charge is 2.08. The van der Waals surface area contributed by atoms with Crippen molar-refractivity contribution in [3.63, 3.8) is 0 Å². The number of carboxylic acid groups (broad SMARTS) is 1. The van der Waals surface area contributed by atoms with Gasteiger partial charge < -0.3 is 21.6 Å². The molecule has 1 unspecified atom stereocenters. The van der Waals surface area contributed by atoms with Gasteiger partial charge in [0.05, 0.1) is 6.33 Å². The summed E-state index contributed by atoms with van der Waals surface area (Å²) < 4.78 is 0. The summed E-state index contributed by atoms with van der Waals surface area (Å²) in [4.78, 5) is 16.5. The first-order chi connectivity index (χ1) is 6.68. The van der Waals surface area contributed by atoms with E-state index in [2.05, 4.69) is 9.97 Å². The van der Waals surface area contributed by atoms with Crippen LogP contribution in [0.3, 0.4) is 0 Å². The van der Waals surface area contributed by atoms with E-state index in [1.165, 1.54) is 0 Å². The third kappa shape index (κ3) is 7.26. The summed E-state index contributed by atoms with van der Waals surface area (Å²) in [6.45, 7) is 0.501. The van der Waals surface area contributed by atoms with Crippen molar-refractivity contribution in [1.29, 1.82) is 0 Å². The van der Waals surface area contributed by atoms with Gasteiger partial charge in [0.1, 0.15) is 6.04 Å². The van der Waals surface area contributed by atoms with Crippen molar-refractivity contribution in [3.8, 4) is 0 Å². The van der Waals surface area contributed by atoms with E-state index in [4.69, 9.17) is 16.6 Å². The van der Waals surface area contributed by atoms with Gasteiger partial charge in [0, 0.05) is 12.4 Å². The van der Waals surface area contributed by atoms with Gasteiger partial charge in [-0.25, -0.2) is 4.98 Å². The van der Waals surface area contributed by atoms with Crippen LogP contribution >= 0.6 is 0 Å². The fraction of sp³-hybridized carbons (Fsp3) is 0.500. The zero-order chi connectivity index (χ0) is 10.8. The highest BCUT2D eigenvalue weighted by atomic mass is 16.4. The molecule has 0 fully saturated rings. The average molecular weight is 200 g/mol. The van der Waals surface area contributed by atoms with Crippen LogP contribution in [-0.2, 0) is 4.79 Å². The summed E-state index contributed by atoms with van der Waals surface area (Å²) >= 11 is 0. The Morgan fingerprint density at radius 3 is 2.64 bits per heavy atom. The number of H-pyrrole nitrogens is 1. The fourth-order valence-electron chi connectivity index (χ4n) is 0.676. The van der Waals surface area contributed by atoms with E-state index in [9.17, 15) is 4.79 Å². The predicted octanol–water partition coefficient (Wildman–Crippen LogP) is -0.453. The Kier molecular flexibility index (Phi) is 7.39. The quantitative estimate of drug-likeness (QED) is 0.525. The van der Waals surface area contributed by atoms with Crippen LogP contribution in [0, 0.1) is 0 Å². The Bertz CT molecular complexity index is 208. The maximum Gasteiger partial charge on any atom is 0.320 e. The minimum atomic E-state index is -0.955. The van der Waals surface area contributed by atoms with Crippen LogP contribution in [0.4, 0.5) is 0 Å². The van der Waals surface area contributed by atoms with Gasteiger partial charge in [-0.2, -0.15) is 0 Å². The lowest BCUT2D eigenvalue weighted by Crippen LogP contribution is -2.30. The Morgan fingerprint density at radius 2 is 2.36 bits per heavy atom. The average Bonchev–Trinajstić information content (AvgIpc) is 2.71. The zero-order valence-corrected chi connectivity index (χ0v) is 7.89. The summed E-state index contributed by atoms with van der Waals surface area (Å²) in [5.41, 5.74) is 10.3. The van der Waals surface area contributed by atoms with Crippen LogP contribution in [0.15, 0.2) is 18.7 Å². The third-order valence-corrected chi connectivity index (χ3v) is 1.44. The van der Waals surface area contributed by atoms with Crippen LogP contribution in [0.1, 0.15) is 12.8 Å². The van der Waals surface area contributed by atoms with Crippen molar-refractivity contribution in [2.75, 3.05) is 6.54 Å². The zero-order valence-electron chi connectivity index (χ0n) is 7.89. The molecule has 6 heteroatoms. The van der Waals surface area contributed by atoms with Crippen molar-refractivity contribution in [1.82, 2.24) is 9.97 Å². The fourth-order valence-corrected chi connectivity index (χ4v) is 0.676. The van der Waals surface area contributed by atoms with Crippen molar-refractivity contribution in [3.05, 3.63) is 18.7 Å². The molecule has 1 rings (SSSR count). The number of hydrogen-bond donors (Lipinski definition) is 4. The van der Waals surface area contributed by atoms with Gasteiger partial charge in [-0.15, -0.1) is 0 Å². The molecule has 0 saturated carbocycles. The molecule has 6 N–H and O–H groups in total. The van der Waals surface area contributed by atoms with Crippen molar-refractivity contribution >= 4 is 5.97 Å². The smallest absolute Gasteiger partial charge is 0.320 e. The number of aromatic nitrogens is 2. The summed E-state index contributed by atoms with van der Waals surface area (Å²) in [5, 5.41) is 8.24. The number of carboxylic acids is 1. The Morgan fingerprint density at radius 1 is 1.64 bits per heavy atom. The van der Waals surface area contributed by atoms with Crippen LogP contribution in [0.2, 0.25) is 0 Å². The lowest BCUT2D eigenvalue weighted by molar-refractivity contribution is -0.138. The van der Waals surface area contributed by atoms with Crippen molar-refractivity contribution in [2.24, 2.45) is 11.5 Å². The first kappa shape index (κ1) is 12.6. The van der Waals surface area contributed by atoms with E-state index >= 15 is 0 Å². The molecule has 1 aromatic rings. The largest absolute Gasteiger partial charge is 0.480 e. The Balaban J connectivity index is 0.000000280. The van der Waals surface area contributed by atoms with E-state index in [-0.39, 0.29) is 0 Å². The number of rotatable bonds is 4. The van der Waals surface area contributed by atoms with Crippen LogP contribution in [0.25, 0.3) is 0 Å². The van der Waals surface area contributed by atoms with E-state index in [0.29, 0.717) is 19.4 Å². The first-order valence-corrected chi connectivity index (χ1v) is 4.29. The third-order valence-electron chi connectivity index (χ3n) is 1.44. The molecule has 0 spiro atoms. The van der Waals surface area contributed by atoms with Crippen LogP contribution < -0.4 is 11.5 Å². The highest BCUT2D eigenvalue weighted by Crippen LogP contribution is 1.91. The molecule has 1 atom stereocenters. The molecule has 1 heterocycles. The maximum absolute atomic E-state index is 10.0. The molecular formula is C8H16N4O2. The number of carbonyl (C=O) groups is 1. The SMILES string of the molecule is NCCCC(N)C(=O)O.c1c[nH]cn1. The molecule has 0 aromatic carbocycles. The number of nitrogens with one attached hydrogen (secondary N) is 1. The van der Waals surface area contributed by atoms with Gasteiger partial charge in [-0.05, 0) is 19.4 Å². The van der Waals surface area contributed by atoms with Gasteiger partial charge >= 0.3 is 5.97 Å². The first-order valence-electron chi connectivity index (χ1n) is 4.29. The van der Waals surface area contributed by atoms with E-state index in [1.807, 2.05) is 0 Å². The molecule has 0 amide bonds. The van der Waals surface area contributed by atoms with Crippen LogP contribution in [-0.4, -0.2) is 33.6 Å². The lowest BCUT2D eigenvalue weighted by atomic mass is 10.2. The Hall–Kier alpha value is -1.40. The van der Waals surface area contributed by atoms with Crippen molar-refractivity contribution < 1.29 is 9.90 Å². The number of aliphatic carboxylic acids is 1. The predicted molar refractivity (Wildman–Crippen MR) is 52.5 cm³/mol. The molecule has 80 valence electrons. The van der Waals surface area contributed by atoms with Gasteiger partial charge in [-0.3, -0.25) is 4.79 Å². The second-order valence-corrected chi connectivity index (χ2v) is 2.64. The van der Waals surface area contributed by atoms with E-state index < -0.39 is 12.0 Å². The maximum atomic E-state index is 10.0. The molecule has 1 aromatic heterocycles. The van der Waals surface area contributed by atoms with Gasteiger partial charge in [-0.1, -0.05) is 0 Å². The topological polar surface area (TPSA) is 118 Å². The number of aromatic amines is 1. The van der Waals surface area contributed by atoms with E-state index in [0.717, 1.165) is 0 Å². The number of imidazole rings is 1. The molecule has 0 aliphatic rings. The van der Waals surface area contributed by atoms with Crippen LogP contribution in [0.5, 0.6) is 0 Å². The molecule has 0 aliphatic heterocycles. The summed E-state index contributed by atoms with van der Waals surface area (Å²) in [5.74, 6) is -0.955. The standard InChI is InChI=1S/C5H12N2O2.C3H4N2/c6-3-1-2-4(7)5(8)9;1-2-5-3-4-1/h4H,1-3,6-7H2,(H,8,9);1-3H,(H,4,5). The lowest BCUT2D eigenvalue weighted by Gasteiger charge is -2.02. The number of nitrogens with zero attached hydrogens (tertiary/aromatic N) is 1. The second kappa shape index (κ2) is 8.21. The molecule has 6 nitrogen and oxygen atoms in total. The summed E-state index contributed by atoms with van der Waals surface area (Å²) in [6.07, 6.45) is 6.22. The monoisotopic (exact) mass is 200 g/mol. The van der Waals surface area contributed by atoms with Gasteiger partial charge in [0.15, 0.2) is 0 Å². The van der Waals surface area contributed by atoms with Gasteiger partial charge in [0.25, 0.3) is 0 Å². The number of nitrogens with two attached hydrogens (primary N) is 2. The Labute approximate surface area is 82.3 Å².